The summed E-state index contributed by atoms with van der Waals surface area (Å²) in [5, 5.41) is 8.57. The van der Waals surface area contributed by atoms with Crippen LogP contribution in [0.4, 0.5) is 0 Å². The summed E-state index contributed by atoms with van der Waals surface area (Å²) in [6.45, 7) is 1.60. The van der Waals surface area contributed by atoms with Crippen LogP contribution in [-0.4, -0.2) is 21.3 Å². The van der Waals surface area contributed by atoms with E-state index >= 15 is 0 Å². The van der Waals surface area contributed by atoms with E-state index < -0.39 is 0 Å². The average Bonchev–Trinajstić information content (AvgIpc) is 2.96. The third-order valence-electron chi connectivity index (χ3n) is 3.39. The van der Waals surface area contributed by atoms with Crippen LogP contribution in [0.2, 0.25) is 0 Å². The monoisotopic (exact) mass is 228 g/mol. The number of hydrogen-bond donors (Lipinski definition) is 1. The highest BCUT2D eigenvalue weighted by Crippen LogP contribution is 2.25. The molecule has 0 spiro atoms. The Balaban J connectivity index is 2.01. The molecule has 0 saturated heterocycles. The molecule has 1 aliphatic rings. The number of aryl methyl sites for hydroxylation is 1. The van der Waals surface area contributed by atoms with Crippen LogP contribution < -0.4 is 5.73 Å². The first kappa shape index (κ1) is 10.5. The Labute approximate surface area is 100 Å². The van der Waals surface area contributed by atoms with Gasteiger partial charge in [-0.25, -0.2) is 0 Å². The Bertz CT molecular complexity index is 503. The van der Waals surface area contributed by atoms with Gasteiger partial charge < -0.3 is 10.3 Å². The van der Waals surface area contributed by atoms with E-state index in [0.717, 1.165) is 24.6 Å². The van der Waals surface area contributed by atoms with Gasteiger partial charge in [-0.15, -0.1) is 10.2 Å². The van der Waals surface area contributed by atoms with Crippen LogP contribution in [0.25, 0.3) is 0 Å². The van der Waals surface area contributed by atoms with Gasteiger partial charge in [-0.3, -0.25) is 0 Å². The summed E-state index contributed by atoms with van der Waals surface area (Å²) in [6.07, 6.45) is 2.21. The Kier molecular flexibility index (Phi) is 2.65. The van der Waals surface area contributed by atoms with Gasteiger partial charge in [0.2, 0.25) is 0 Å². The zero-order chi connectivity index (χ0) is 11.7. The lowest BCUT2D eigenvalue weighted by Crippen LogP contribution is -2.18. The molecule has 17 heavy (non-hydrogen) atoms. The SMILES string of the molecule is NCC(c1ccccc1)c1nnc2n1CCC2. The minimum absolute atomic E-state index is 0.163. The minimum Gasteiger partial charge on any atom is -0.329 e. The summed E-state index contributed by atoms with van der Waals surface area (Å²) >= 11 is 0. The maximum atomic E-state index is 5.91. The largest absolute Gasteiger partial charge is 0.329 e. The Hall–Kier alpha value is -1.68. The summed E-state index contributed by atoms with van der Waals surface area (Å²) in [5.74, 6) is 2.29. The predicted octanol–water partition coefficient (Wildman–Crippen LogP) is 1.31. The molecule has 0 aliphatic carbocycles. The van der Waals surface area contributed by atoms with E-state index in [-0.39, 0.29) is 5.92 Å². The molecule has 4 nitrogen and oxygen atoms in total. The molecule has 1 unspecified atom stereocenters. The predicted molar refractivity (Wildman–Crippen MR) is 65.7 cm³/mol. The van der Waals surface area contributed by atoms with E-state index in [9.17, 15) is 0 Å². The fraction of sp³-hybridized carbons (Fsp3) is 0.385. The molecule has 0 radical (unpaired) electrons. The second-order valence-corrected chi connectivity index (χ2v) is 4.43. The quantitative estimate of drug-likeness (QED) is 0.861. The third kappa shape index (κ3) is 1.74. The standard InChI is InChI=1S/C13H16N4/c14-9-11(10-5-2-1-3-6-10)13-16-15-12-7-4-8-17(12)13/h1-3,5-6,11H,4,7-9,14H2. The lowest BCUT2D eigenvalue weighted by molar-refractivity contribution is 0.641. The van der Waals surface area contributed by atoms with E-state index in [2.05, 4.69) is 26.9 Å². The van der Waals surface area contributed by atoms with E-state index in [1.807, 2.05) is 18.2 Å². The molecule has 2 heterocycles. The number of nitrogens with zero attached hydrogens (tertiary/aromatic N) is 3. The second-order valence-electron chi connectivity index (χ2n) is 4.43. The number of benzene rings is 1. The normalized spacial score (nSPS) is 15.8. The third-order valence-corrected chi connectivity index (χ3v) is 3.39. The van der Waals surface area contributed by atoms with Gasteiger partial charge >= 0.3 is 0 Å². The molecule has 0 fully saturated rings. The molecule has 0 bridgehead atoms. The van der Waals surface area contributed by atoms with Crippen molar-refractivity contribution < 1.29 is 0 Å². The van der Waals surface area contributed by atoms with Crippen LogP contribution >= 0.6 is 0 Å². The first-order valence-electron chi connectivity index (χ1n) is 6.07. The van der Waals surface area contributed by atoms with Gasteiger partial charge in [0.25, 0.3) is 0 Å². The van der Waals surface area contributed by atoms with Crippen molar-refractivity contribution in [3.05, 3.63) is 47.5 Å². The van der Waals surface area contributed by atoms with E-state index in [0.29, 0.717) is 6.54 Å². The summed E-state index contributed by atoms with van der Waals surface area (Å²) in [6, 6.07) is 10.3. The smallest absolute Gasteiger partial charge is 0.141 e. The van der Waals surface area contributed by atoms with Gasteiger partial charge in [-0.05, 0) is 12.0 Å². The number of rotatable bonds is 3. The zero-order valence-electron chi connectivity index (χ0n) is 9.71. The number of hydrogen-bond acceptors (Lipinski definition) is 3. The van der Waals surface area contributed by atoms with Crippen LogP contribution in [0.15, 0.2) is 30.3 Å². The summed E-state index contributed by atoms with van der Waals surface area (Å²) in [7, 11) is 0. The van der Waals surface area contributed by atoms with Crippen molar-refractivity contribution in [2.75, 3.05) is 6.54 Å². The van der Waals surface area contributed by atoms with Crippen molar-refractivity contribution >= 4 is 0 Å². The summed E-state index contributed by atoms with van der Waals surface area (Å²) in [4.78, 5) is 0. The van der Waals surface area contributed by atoms with Gasteiger partial charge in [0, 0.05) is 19.5 Å². The Morgan fingerprint density at radius 2 is 2.06 bits per heavy atom. The van der Waals surface area contributed by atoms with Crippen LogP contribution in [0.1, 0.15) is 29.6 Å². The molecule has 1 aromatic carbocycles. The van der Waals surface area contributed by atoms with Crippen LogP contribution in [0, 0.1) is 0 Å². The molecule has 0 amide bonds. The van der Waals surface area contributed by atoms with E-state index in [1.165, 1.54) is 12.0 Å². The first-order valence-corrected chi connectivity index (χ1v) is 6.07. The molecule has 88 valence electrons. The molecule has 2 aromatic rings. The van der Waals surface area contributed by atoms with Gasteiger partial charge in [0.1, 0.15) is 11.6 Å². The zero-order valence-corrected chi connectivity index (χ0v) is 9.71. The number of aromatic nitrogens is 3. The van der Waals surface area contributed by atoms with Gasteiger partial charge in [-0.2, -0.15) is 0 Å². The topological polar surface area (TPSA) is 56.7 Å². The fourth-order valence-corrected chi connectivity index (χ4v) is 2.51. The molecule has 3 rings (SSSR count). The van der Waals surface area contributed by atoms with Gasteiger partial charge in [-0.1, -0.05) is 30.3 Å². The molecule has 1 atom stereocenters. The lowest BCUT2D eigenvalue weighted by atomic mass is 9.98. The summed E-state index contributed by atoms with van der Waals surface area (Å²) in [5.41, 5.74) is 7.13. The van der Waals surface area contributed by atoms with Crippen molar-refractivity contribution in [2.24, 2.45) is 5.73 Å². The van der Waals surface area contributed by atoms with Crippen molar-refractivity contribution in [3.8, 4) is 0 Å². The van der Waals surface area contributed by atoms with Crippen molar-refractivity contribution in [1.29, 1.82) is 0 Å². The number of fused-ring (bicyclic) bond motifs is 1. The average molecular weight is 228 g/mol. The number of nitrogens with two attached hydrogens (primary N) is 1. The van der Waals surface area contributed by atoms with E-state index in [1.54, 1.807) is 0 Å². The van der Waals surface area contributed by atoms with Gasteiger partial charge in [0.15, 0.2) is 0 Å². The lowest BCUT2D eigenvalue weighted by Gasteiger charge is -2.14. The molecule has 0 saturated carbocycles. The molecule has 4 heteroatoms. The van der Waals surface area contributed by atoms with Gasteiger partial charge in [0.05, 0.1) is 5.92 Å². The highest BCUT2D eigenvalue weighted by Gasteiger charge is 2.23. The maximum Gasteiger partial charge on any atom is 0.141 e. The fourth-order valence-electron chi connectivity index (χ4n) is 2.51. The van der Waals surface area contributed by atoms with Crippen molar-refractivity contribution in [1.82, 2.24) is 14.8 Å². The van der Waals surface area contributed by atoms with Crippen molar-refractivity contribution in [2.45, 2.75) is 25.3 Å². The van der Waals surface area contributed by atoms with Crippen molar-refractivity contribution in [3.63, 3.8) is 0 Å². The summed E-state index contributed by atoms with van der Waals surface area (Å²) < 4.78 is 2.23. The Morgan fingerprint density at radius 3 is 2.82 bits per heavy atom. The van der Waals surface area contributed by atoms with Crippen LogP contribution in [0.3, 0.4) is 0 Å². The molecule has 1 aromatic heterocycles. The van der Waals surface area contributed by atoms with Crippen LogP contribution in [-0.2, 0) is 13.0 Å². The molecular weight excluding hydrogens is 212 g/mol. The molecule has 2 N–H and O–H groups in total. The first-order chi connectivity index (χ1) is 8.40. The highest BCUT2D eigenvalue weighted by molar-refractivity contribution is 5.26. The Morgan fingerprint density at radius 1 is 1.24 bits per heavy atom. The molecule has 1 aliphatic heterocycles. The second kappa shape index (κ2) is 4.30. The minimum atomic E-state index is 0.163. The molecular formula is C13H16N4. The maximum absolute atomic E-state index is 5.91. The van der Waals surface area contributed by atoms with E-state index in [4.69, 9.17) is 5.73 Å². The highest BCUT2D eigenvalue weighted by atomic mass is 15.3. The van der Waals surface area contributed by atoms with Crippen LogP contribution in [0.5, 0.6) is 0 Å².